The first kappa shape index (κ1) is 14.5. The lowest BCUT2D eigenvalue weighted by molar-refractivity contribution is 0.475. The maximum Gasteiger partial charge on any atom is 0.117 e. The Morgan fingerprint density at radius 2 is 1.64 bits per heavy atom. The van der Waals surface area contributed by atoms with Gasteiger partial charge in [0.1, 0.15) is 5.75 Å². The van der Waals surface area contributed by atoms with E-state index < -0.39 is 0 Å². The molecule has 0 heterocycles. The molecule has 0 atom stereocenters. The minimum absolute atomic E-state index is 0.244. The molecule has 3 rings (SSSR count). The highest BCUT2D eigenvalue weighted by atomic mass is 35.5. The maximum absolute atomic E-state index is 9.57. The van der Waals surface area contributed by atoms with Gasteiger partial charge in [-0.2, -0.15) is 0 Å². The Kier molecular flexibility index (Phi) is 4.03. The van der Waals surface area contributed by atoms with Crippen LogP contribution >= 0.6 is 11.6 Å². The molecule has 0 bridgehead atoms. The minimum atomic E-state index is 0.244. The largest absolute Gasteiger partial charge is 0.508 e. The maximum atomic E-state index is 9.57. The van der Waals surface area contributed by atoms with Crippen LogP contribution < -0.4 is 5.32 Å². The summed E-state index contributed by atoms with van der Waals surface area (Å²) in [5.74, 6) is 0.244. The van der Waals surface area contributed by atoms with E-state index in [1.165, 1.54) is 0 Å². The summed E-state index contributed by atoms with van der Waals surface area (Å²) in [6.45, 7) is 2.05. The summed E-state index contributed by atoms with van der Waals surface area (Å²) in [5.41, 5.74) is 5.16. The molecule has 0 fully saturated rings. The van der Waals surface area contributed by atoms with Gasteiger partial charge in [-0.1, -0.05) is 41.9 Å². The van der Waals surface area contributed by atoms with Crippen LogP contribution in [0.2, 0.25) is 5.02 Å². The number of benzene rings is 3. The van der Waals surface area contributed by atoms with Crippen molar-refractivity contribution in [2.24, 2.45) is 0 Å². The van der Waals surface area contributed by atoms with Gasteiger partial charge in [0.05, 0.1) is 0 Å². The third kappa shape index (κ3) is 3.23. The molecule has 0 aliphatic rings. The van der Waals surface area contributed by atoms with Crippen molar-refractivity contribution < 1.29 is 5.11 Å². The number of halogens is 1. The molecule has 0 saturated heterocycles. The van der Waals surface area contributed by atoms with Gasteiger partial charge in [-0.15, -0.1) is 0 Å². The van der Waals surface area contributed by atoms with Crippen LogP contribution in [0.25, 0.3) is 11.1 Å². The van der Waals surface area contributed by atoms with Crippen molar-refractivity contribution in [1.29, 1.82) is 0 Å². The quantitative estimate of drug-likeness (QED) is 0.644. The molecule has 0 aromatic heterocycles. The zero-order chi connectivity index (χ0) is 15.5. The monoisotopic (exact) mass is 309 g/mol. The summed E-state index contributed by atoms with van der Waals surface area (Å²) >= 11 is 6.07. The van der Waals surface area contributed by atoms with E-state index in [0.717, 1.165) is 33.1 Å². The minimum Gasteiger partial charge on any atom is -0.508 e. The number of phenols is 1. The Bertz CT molecular complexity index is 814. The van der Waals surface area contributed by atoms with Gasteiger partial charge >= 0.3 is 0 Å². The molecule has 3 aromatic carbocycles. The van der Waals surface area contributed by atoms with Crippen LogP contribution in [0.1, 0.15) is 5.56 Å². The number of nitrogens with one attached hydrogen (secondary N) is 1. The van der Waals surface area contributed by atoms with Gasteiger partial charge in [0, 0.05) is 22.5 Å². The van der Waals surface area contributed by atoms with Gasteiger partial charge in [-0.3, -0.25) is 0 Å². The van der Waals surface area contributed by atoms with Crippen molar-refractivity contribution in [3.05, 3.63) is 77.3 Å². The fraction of sp³-hybridized carbons (Fsp3) is 0.0526. The number of hydrogen-bond acceptors (Lipinski definition) is 2. The molecule has 0 unspecified atom stereocenters. The lowest BCUT2D eigenvalue weighted by Gasteiger charge is -2.12. The van der Waals surface area contributed by atoms with Crippen LogP contribution in [0, 0.1) is 6.92 Å². The van der Waals surface area contributed by atoms with E-state index in [1.54, 1.807) is 12.1 Å². The van der Waals surface area contributed by atoms with Crippen molar-refractivity contribution in [2.75, 3.05) is 5.32 Å². The highest BCUT2D eigenvalue weighted by molar-refractivity contribution is 6.30. The second-order valence-corrected chi connectivity index (χ2v) is 5.65. The lowest BCUT2D eigenvalue weighted by Crippen LogP contribution is -1.93. The Labute approximate surface area is 135 Å². The normalized spacial score (nSPS) is 10.5. The molecule has 0 amide bonds. The van der Waals surface area contributed by atoms with Crippen LogP contribution in [0.4, 0.5) is 11.4 Å². The molecule has 2 N–H and O–H groups in total. The Morgan fingerprint density at radius 3 is 2.41 bits per heavy atom. The second kappa shape index (κ2) is 6.12. The first-order chi connectivity index (χ1) is 10.6. The Balaban J connectivity index is 1.96. The summed E-state index contributed by atoms with van der Waals surface area (Å²) in [4.78, 5) is 0. The van der Waals surface area contributed by atoms with Gasteiger partial charge in [0.25, 0.3) is 0 Å². The molecule has 0 radical (unpaired) electrons. The average Bonchev–Trinajstić information content (AvgIpc) is 2.49. The van der Waals surface area contributed by atoms with Crippen LogP contribution in [0.5, 0.6) is 5.75 Å². The molecule has 2 nitrogen and oxygen atoms in total. The number of anilines is 2. The van der Waals surface area contributed by atoms with E-state index >= 15 is 0 Å². The molecule has 0 spiro atoms. The standard InChI is InChI=1S/C19H16ClNO/c1-13-8-9-15(14-4-2-5-16(20)10-14)11-19(13)21-17-6-3-7-18(22)12-17/h2-12,21-22H,1H3. The molecular weight excluding hydrogens is 294 g/mol. The molecular formula is C19H16ClNO. The fourth-order valence-corrected chi connectivity index (χ4v) is 2.53. The van der Waals surface area contributed by atoms with Gasteiger partial charge in [-0.25, -0.2) is 0 Å². The van der Waals surface area contributed by atoms with Crippen LogP contribution in [0.3, 0.4) is 0 Å². The molecule has 0 aliphatic carbocycles. The molecule has 3 heteroatoms. The van der Waals surface area contributed by atoms with Crippen molar-refractivity contribution in [3.8, 4) is 16.9 Å². The average molecular weight is 310 g/mol. The number of rotatable bonds is 3. The highest BCUT2D eigenvalue weighted by Gasteiger charge is 2.04. The Hall–Kier alpha value is -2.45. The van der Waals surface area contributed by atoms with Crippen LogP contribution in [0.15, 0.2) is 66.7 Å². The molecule has 0 saturated carbocycles. The molecule has 22 heavy (non-hydrogen) atoms. The van der Waals surface area contributed by atoms with E-state index in [9.17, 15) is 5.11 Å². The van der Waals surface area contributed by atoms with Gasteiger partial charge in [0.2, 0.25) is 0 Å². The first-order valence-electron chi connectivity index (χ1n) is 7.04. The summed E-state index contributed by atoms with van der Waals surface area (Å²) < 4.78 is 0. The van der Waals surface area contributed by atoms with E-state index in [0.29, 0.717) is 0 Å². The summed E-state index contributed by atoms with van der Waals surface area (Å²) in [5, 5.41) is 13.6. The van der Waals surface area contributed by atoms with Crippen molar-refractivity contribution in [2.45, 2.75) is 6.92 Å². The summed E-state index contributed by atoms with van der Waals surface area (Å²) in [7, 11) is 0. The van der Waals surface area contributed by atoms with Gasteiger partial charge in [-0.05, 0) is 53.9 Å². The topological polar surface area (TPSA) is 32.3 Å². The van der Waals surface area contributed by atoms with Gasteiger partial charge in [0.15, 0.2) is 0 Å². The lowest BCUT2D eigenvalue weighted by atomic mass is 10.0. The smallest absolute Gasteiger partial charge is 0.117 e. The van der Waals surface area contributed by atoms with E-state index in [1.807, 2.05) is 43.3 Å². The molecule has 3 aromatic rings. The zero-order valence-electron chi connectivity index (χ0n) is 12.2. The van der Waals surface area contributed by atoms with E-state index in [2.05, 4.69) is 23.5 Å². The number of hydrogen-bond donors (Lipinski definition) is 2. The zero-order valence-corrected chi connectivity index (χ0v) is 12.9. The SMILES string of the molecule is Cc1ccc(-c2cccc(Cl)c2)cc1Nc1cccc(O)c1. The third-order valence-electron chi connectivity index (χ3n) is 3.52. The molecule has 110 valence electrons. The van der Waals surface area contributed by atoms with Crippen molar-refractivity contribution in [3.63, 3.8) is 0 Å². The number of aryl methyl sites for hydroxylation is 1. The van der Waals surface area contributed by atoms with E-state index in [4.69, 9.17) is 11.6 Å². The predicted molar refractivity (Wildman–Crippen MR) is 93.0 cm³/mol. The summed E-state index contributed by atoms with van der Waals surface area (Å²) in [6, 6.07) is 21.1. The first-order valence-corrected chi connectivity index (χ1v) is 7.42. The number of aromatic hydroxyl groups is 1. The van der Waals surface area contributed by atoms with Crippen molar-refractivity contribution >= 4 is 23.0 Å². The predicted octanol–water partition coefficient (Wildman–Crippen LogP) is 5.76. The van der Waals surface area contributed by atoms with Crippen molar-refractivity contribution in [1.82, 2.24) is 0 Å². The third-order valence-corrected chi connectivity index (χ3v) is 3.76. The van der Waals surface area contributed by atoms with Gasteiger partial charge < -0.3 is 10.4 Å². The number of phenolic OH excluding ortho intramolecular Hbond substituents is 1. The van der Waals surface area contributed by atoms with Crippen LogP contribution in [-0.4, -0.2) is 5.11 Å². The fourth-order valence-electron chi connectivity index (χ4n) is 2.34. The van der Waals surface area contributed by atoms with Crippen LogP contribution in [-0.2, 0) is 0 Å². The second-order valence-electron chi connectivity index (χ2n) is 5.22. The van der Waals surface area contributed by atoms with E-state index in [-0.39, 0.29) is 5.75 Å². The summed E-state index contributed by atoms with van der Waals surface area (Å²) in [6.07, 6.45) is 0. The Morgan fingerprint density at radius 1 is 0.864 bits per heavy atom. The molecule has 0 aliphatic heterocycles. The highest BCUT2D eigenvalue weighted by Crippen LogP contribution is 2.29.